The largest absolute Gasteiger partial charge is 0.484 e. The van der Waals surface area contributed by atoms with Gasteiger partial charge in [-0.1, -0.05) is 18.2 Å². The average molecular weight is 230 g/mol. The van der Waals surface area contributed by atoms with Crippen LogP contribution < -0.4 is 4.74 Å². The van der Waals surface area contributed by atoms with Crippen molar-refractivity contribution in [2.75, 3.05) is 6.61 Å². The smallest absolute Gasteiger partial charge is 0.357 e. The maximum Gasteiger partial charge on any atom is 0.357 e. The number of ether oxygens (including phenoxy) is 1. The SMILES string of the molecule is O=[N+]([O-])C1(Cl)COc2ccccc2C1O. The third-order valence-electron chi connectivity index (χ3n) is 2.37. The number of rotatable bonds is 1. The summed E-state index contributed by atoms with van der Waals surface area (Å²) >= 11 is 5.71. The lowest BCUT2D eigenvalue weighted by Crippen LogP contribution is -2.47. The van der Waals surface area contributed by atoms with Crippen molar-refractivity contribution in [2.24, 2.45) is 0 Å². The number of benzene rings is 1. The van der Waals surface area contributed by atoms with Crippen LogP contribution in [0.25, 0.3) is 0 Å². The normalized spacial score (nSPS) is 29.1. The van der Waals surface area contributed by atoms with Gasteiger partial charge in [0, 0.05) is 10.5 Å². The summed E-state index contributed by atoms with van der Waals surface area (Å²) in [5, 5.41) is 20.5. The summed E-state index contributed by atoms with van der Waals surface area (Å²) in [6, 6.07) is 6.57. The van der Waals surface area contributed by atoms with Crippen LogP contribution in [0, 0.1) is 10.1 Å². The van der Waals surface area contributed by atoms with E-state index in [1.54, 1.807) is 24.3 Å². The molecule has 0 amide bonds. The van der Waals surface area contributed by atoms with Gasteiger partial charge in [0.15, 0.2) is 12.7 Å². The maximum atomic E-state index is 10.7. The van der Waals surface area contributed by atoms with Gasteiger partial charge in [-0.3, -0.25) is 10.1 Å². The van der Waals surface area contributed by atoms with Crippen molar-refractivity contribution in [3.8, 4) is 5.75 Å². The molecule has 2 unspecified atom stereocenters. The molecule has 2 atom stereocenters. The zero-order chi connectivity index (χ0) is 11.1. The van der Waals surface area contributed by atoms with Crippen LogP contribution in [0.15, 0.2) is 24.3 Å². The lowest BCUT2D eigenvalue weighted by Gasteiger charge is -2.30. The molecule has 15 heavy (non-hydrogen) atoms. The highest BCUT2D eigenvalue weighted by atomic mass is 35.5. The quantitative estimate of drug-likeness (QED) is 0.341. The topological polar surface area (TPSA) is 72.6 Å². The van der Waals surface area contributed by atoms with E-state index in [0.717, 1.165) is 0 Å². The highest BCUT2D eigenvalue weighted by molar-refractivity contribution is 6.23. The van der Waals surface area contributed by atoms with E-state index in [-0.39, 0.29) is 6.61 Å². The molecule has 80 valence electrons. The molecule has 0 aromatic heterocycles. The number of fused-ring (bicyclic) bond motifs is 1. The number of nitrogens with zero attached hydrogens (tertiary/aromatic N) is 1. The predicted octanol–water partition coefficient (Wildman–Crippen LogP) is 1.32. The maximum absolute atomic E-state index is 10.7. The van der Waals surface area contributed by atoms with Crippen molar-refractivity contribution in [2.45, 2.75) is 11.1 Å². The number of para-hydroxylation sites is 1. The Hall–Kier alpha value is -1.33. The minimum absolute atomic E-state index is 0.343. The van der Waals surface area contributed by atoms with Crippen molar-refractivity contribution < 1.29 is 14.8 Å². The zero-order valence-corrected chi connectivity index (χ0v) is 8.35. The molecule has 5 nitrogen and oxygen atoms in total. The van der Waals surface area contributed by atoms with E-state index in [4.69, 9.17) is 16.3 Å². The molecule has 1 aromatic rings. The lowest BCUT2D eigenvalue weighted by atomic mass is 9.99. The molecular weight excluding hydrogens is 222 g/mol. The van der Waals surface area contributed by atoms with Crippen molar-refractivity contribution in [3.05, 3.63) is 39.9 Å². The van der Waals surface area contributed by atoms with E-state index < -0.39 is 16.0 Å². The third kappa shape index (κ3) is 1.44. The Labute approximate surface area is 90.4 Å². The fraction of sp³-hybridized carbons (Fsp3) is 0.333. The number of aliphatic hydroxyl groups excluding tert-OH is 1. The minimum atomic E-state index is -1.99. The first-order valence-corrected chi connectivity index (χ1v) is 4.66. The molecule has 0 spiro atoms. The van der Waals surface area contributed by atoms with Crippen molar-refractivity contribution in [3.63, 3.8) is 0 Å². The molecule has 1 heterocycles. The summed E-state index contributed by atoms with van der Waals surface area (Å²) in [5.41, 5.74) is 0.343. The van der Waals surface area contributed by atoms with Crippen LogP contribution >= 0.6 is 11.6 Å². The van der Waals surface area contributed by atoms with Gasteiger partial charge in [-0.25, -0.2) is 0 Å². The summed E-state index contributed by atoms with van der Waals surface area (Å²) in [7, 11) is 0. The molecule has 6 heteroatoms. The second-order valence-corrected chi connectivity index (χ2v) is 3.96. The van der Waals surface area contributed by atoms with Crippen LogP contribution in [-0.2, 0) is 0 Å². The van der Waals surface area contributed by atoms with Gasteiger partial charge in [0.05, 0.1) is 0 Å². The van der Waals surface area contributed by atoms with Crippen LogP contribution in [0.5, 0.6) is 5.75 Å². The lowest BCUT2D eigenvalue weighted by molar-refractivity contribution is -0.560. The molecule has 0 aliphatic carbocycles. The van der Waals surface area contributed by atoms with Crippen LogP contribution in [-0.4, -0.2) is 21.6 Å². The molecule has 1 aliphatic rings. The molecule has 0 saturated carbocycles. The molecule has 1 aromatic carbocycles. The molecule has 0 fully saturated rings. The second kappa shape index (κ2) is 3.36. The van der Waals surface area contributed by atoms with Gasteiger partial charge in [-0.05, 0) is 17.7 Å². The number of hydrogen-bond donors (Lipinski definition) is 1. The summed E-state index contributed by atoms with van der Waals surface area (Å²) in [6.07, 6.45) is -1.36. The van der Waals surface area contributed by atoms with E-state index in [9.17, 15) is 15.2 Å². The summed E-state index contributed by atoms with van der Waals surface area (Å²) < 4.78 is 5.14. The molecule has 1 aliphatic heterocycles. The van der Waals surface area contributed by atoms with Gasteiger partial charge in [-0.15, -0.1) is 0 Å². The van der Waals surface area contributed by atoms with Gasteiger partial charge in [0.2, 0.25) is 0 Å². The van der Waals surface area contributed by atoms with E-state index in [2.05, 4.69) is 0 Å². The first kappa shape index (κ1) is 10.2. The number of alkyl halides is 1. The van der Waals surface area contributed by atoms with E-state index in [0.29, 0.717) is 11.3 Å². The van der Waals surface area contributed by atoms with Crippen molar-refractivity contribution in [1.82, 2.24) is 0 Å². The Balaban J connectivity index is 2.46. The van der Waals surface area contributed by atoms with Crippen LogP contribution in [0.3, 0.4) is 0 Å². The van der Waals surface area contributed by atoms with Crippen molar-refractivity contribution in [1.29, 1.82) is 0 Å². The molecule has 0 saturated heterocycles. The summed E-state index contributed by atoms with van der Waals surface area (Å²) in [4.78, 5) is 8.01. The number of halogens is 1. The van der Waals surface area contributed by atoms with Crippen molar-refractivity contribution >= 4 is 11.6 Å². The Morgan fingerprint density at radius 3 is 2.93 bits per heavy atom. The fourth-order valence-electron chi connectivity index (χ4n) is 1.49. The molecule has 0 bridgehead atoms. The Bertz CT molecular complexity index is 411. The van der Waals surface area contributed by atoms with Gasteiger partial charge in [0.1, 0.15) is 5.75 Å². The monoisotopic (exact) mass is 229 g/mol. The highest BCUT2D eigenvalue weighted by Crippen LogP contribution is 2.41. The summed E-state index contributed by atoms with van der Waals surface area (Å²) in [6.45, 7) is -0.347. The minimum Gasteiger partial charge on any atom is -0.484 e. The number of nitro groups is 1. The predicted molar refractivity (Wildman–Crippen MR) is 52.5 cm³/mol. The van der Waals surface area contributed by atoms with Crippen LogP contribution in [0.4, 0.5) is 0 Å². The second-order valence-electron chi connectivity index (χ2n) is 3.30. The first-order valence-electron chi connectivity index (χ1n) is 4.29. The van der Waals surface area contributed by atoms with Gasteiger partial charge in [-0.2, -0.15) is 0 Å². The van der Waals surface area contributed by atoms with E-state index >= 15 is 0 Å². The third-order valence-corrected chi connectivity index (χ3v) is 2.82. The number of hydrogen-bond acceptors (Lipinski definition) is 4. The fourth-order valence-corrected chi connectivity index (χ4v) is 1.66. The molecule has 0 radical (unpaired) electrons. The number of aliphatic hydroxyl groups is 1. The van der Waals surface area contributed by atoms with Gasteiger partial charge >= 0.3 is 5.00 Å². The standard InChI is InChI=1S/C9H8ClNO4/c10-9(11(13)14)5-15-7-4-2-1-3-6(7)8(9)12/h1-4,8,12H,5H2. The van der Waals surface area contributed by atoms with E-state index in [1.807, 2.05) is 0 Å². The Morgan fingerprint density at radius 2 is 2.27 bits per heavy atom. The Kier molecular flexibility index (Phi) is 2.28. The highest BCUT2D eigenvalue weighted by Gasteiger charge is 2.53. The molecular formula is C9H8ClNO4. The van der Waals surface area contributed by atoms with Gasteiger partial charge in [0.25, 0.3) is 0 Å². The van der Waals surface area contributed by atoms with Crippen LogP contribution in [0.1, 0.15) is 11.7 Å². The zero-order valence-electron chi connectivity index (χ0n) is 7.59. The molecule has 1 N–H and O–H groups in total. The van der Waals surface area contributed by atoms with Crippen LogP contribution in [0.2, 0.25) is 0 Å². The molecule has 2 rings (SSSR count). The van der Waals surface area contributed by atoms with Gasteiger partial charge < -0.3 is 9.84 Å². The summed E-state index contributed by atoms with van der Waals surface area (Å²) in [5.74, 6) is 0.433. The first-order chi connectivity index (χ1) is 7.05. The average Bonchev–Trinajstić information content (AvgIpc) is 2.24. The van der Waals surface area contributed by atoms with E-state index in [1.165, 1.54) is 0 Å². The Morgan fingerprint density at radius 1 is 1.60 bits per heavy atom.